The molecule has 2 aliphatic rings. The lowest BCUT2D eigenvalue weighted by Gasteiger charge is -2.38. The fraction of sp³-hybridized carbons (Fsp3) is 0.667. The number of guanidine groups is 1. The number of methoxy groups -OCH3 is 1. The van der Waals surface area contributed by atoms with Crippen LogP contribution in [-0.4, -0.2) is 45.9 Å². The van der Waals surface area contributed by atoms with Gasteiger partial charge in [0.2, 0.25) is 0 Å². The maximum absolute atomic E-state index is 5.65. The van der Waals surface area contributed by atoms with Gasteiger partial charge < -0.3 is 20.1 Å². The molecule has 2 N–H and O–H groups in total. The van der Waals surface area contributed by atoms with Crippen molar-refractivity contribution in [3.05, 3.63) is 29.8 Å². The molecule has 6 heteroatoms. The molecule has 0 unspecified atom stereocenters. The zero-order valence-electron chi connectivity index (χ0n) is 16.6. The van der Waals surface area contributed by atoms with Crippen LogP contribution in [0.5, 0.6) is 5.75 Å². The van der Waals surface area contributed by atoms with Crippen molar-refractivity contribution >= 4 is 29.9 Å². The number of hydrogen-bond acceptors (Lipinski definition) is 3. The third kappa shape index (κ3) is 5.98. The van der Waals surface area contributed by atoms with Crippen LogP contribution < -0.4 is 15.4 Å². The summed E-state index contributed by atoms with van der Waals surface area (Å²) in [6.07, 6.45) is 8.55. The van der Waals surface area contributed by atoms with Crippen LogP contribution in [0, 0.1) is 0 Å². The van der Waals surface area contributed by atoms with E-state index in [0.29, 0.717) is 6.04 Å². The van der Waals surface area contributed by atoms with E-state index in [1.807, 2.05) is 7.05 Å². The van der Waals surface area contributed by atoms with Gasteiger partial charge in [0.1, 0.15) is 5.75 Å². The quantitative estimate of drug-likeness (QED) is 0.377. The van der Waals surface area contributed by atoms with Gasteiger partial charge in [-0.2, -0.15) is 0 Å². The molecular weight excluding hydrogens is 453 g/mol. The summed E-state index contributed by atoms with van der Waals surface area (Å²) >= 11 is 0. The highest BCUT2D eigenvalue weighted by atomic mass is 127. The van der Waals surface area contributed by atoms with E-state index < -0.39 is 0 Å². The summed E-state index contributed by atoms with van der Waals surface area (Å²) < 4.78 is 11.0. The number of rotatable bonds is 5. The van der Waals surface area contributed by atoms with Gasteiger partial charge in [-0.15, -0.1) is 24.0 Å². The summed E-state index contributed by atoms with van der Waals surface area (Å²) in [5, 5.41) is 7.23. The molecule has 5 nitrogen and oxygen atoms in total. The largest absolute Gasteiger partial charge is 0.497 e. The molecule has 152 valence electrons. The molecule has 0 amide bonds. The van der Waals surface area contributed by atoms with Crippen LogP contribution in [0.3, 0.4) is 0 Å². The lowest BCUT2D eigenvalue weighted by atomic mass is 9.74. The van der Waals surface area contributed by atoms with Gasteiger partial charge in [-0.1, -0.05) is 31.4 Å². The van der Waals surface area contributed by atoms with Gasteiger partial charge in [-0.3, -0.25) is 4.99 Å². The molecule has 1 heterocycles. The number of aliphatic imine (C=N–C) groups is 1. The fourth-order valence-corrected chi connectivity index (χ4v) is 4.16. The zero-order chi connectivity index (χ0) is 18.2. The van der Waals surface area contributed by atoms with Gasteiger partial charge >= 0.3 is 0 Å². The van der Waals surface area contributed by atoms with Crippen molar-refractivity contribution < 1.29 is 9.47 Å². The van der Waals surface area contributed by atoms with Crippen LogP contribution in [0.25, 0.3) is 0 Å². The summed E-state index contributed by atoms with van der Waals surface area (Å²) in [5.74, 6) is 1.83. The molecule has 2 fully saturated rings. The summed E-state index contributed by atoms with van der Waals surface area (Å²) in [7, 11) is 3.57. The molecule has 0 aromatic heterocycles. The number of nitrogens with zero attached hydrogens (tertiary/aromatic N) is 1. The lowest BCUT2D eigenvalue weighted by molar-refractivity contribution is 0.0513. The molecule has 0 spiro atoms. The number of benzene rings is 1. The Kier molecular flexibility index (Phi) is 9.15. The first-order valence-electron chi connectivity index (χ1n) is 9.95. The molecule has 1 aliphatic carbocycles. The average Bonchev–Trinajstić information content (AvgIpc) is 2.72. The number of ether oxygens (including phenoxy) is 2. The van der Waals surface area contributed by atoms with E-state index in [-0.39, 0.29) is 29.4 Å². The SMILES string of the molecule is CN=C(NCC1(c2ccc(OC)cc2)CCOCC1)NC1CCCCC1.I. The number of hydrogen-bond donors (Lipinski definition) is 2. The maximum atomic E-state index is 5.65. The Hall–Kier alpha value is -1.02. The van der Waals surface area contributed by atoms with E-state index in [9.17, 15) is 0 Å². The van der Waals surface area contributed by atoms with E-state index in [2.05, 4.69) is 39.9 Å². The van der Waals surface area contributed by atoms with Crippen LogP contribution in [0.1, 0.15) is 50.5 Å². The second kappa shape index (κ2) is 11.1. The Balaban J connectivity index is 0.00000261. The maximum Gasteiger partial charge on any atom is 0.191 e. The molecule has 0 atom stereocenters. The Bertz CT molecular complexity index is 580. The van der Waals surface area contributed by atoms with Crippen molar-refractivity contribution in [3.63, 3.8) is 0 Å². The average molecular weight is 487 g/mol. The van der Waals surface area contributed by atoms with Crippen molar-refractivity contribution in [1.82, 2.24) is 10.6 Å². The van der Waals surface area contributed by atoms with Crippen LogP contribution in [-0.2, 0) is 10.2 Å². The van der Waals surface area contributed by atoms with Crippen molar-refractivity contribution in [2.75, 3.05) is 33.9 Å². The van der Waals surface area contributed by atoms with Crippen molar-refractivity contribution in [1.29, 1.82) is 0 Å². The smallest absolute Gasteiger partial charge is 0.191 e. The van der Waals surface area contributed by atoms with Gasteiger partial charge in [0.25, 0.3) is 0 Å². The molecule has 1 aliphatic heterocycles. The van der Waals surface area contributed by atoms with E-state index >= 15 is 0 Å². The van der Waals surface area contributed by atoms with E-state index in [1.165, 1.54) is 37.7 Å². The summed E-state index contributed by atoms with van der Waals surface area (Å²) in [6.45, 7) is 2.49. The van der Waals surface area contributed by atoms with Crippen molar-refractivity contribution in [3.8, 4) is 5.75 Å². The molecule has 1 saturated heterocycles. The Labute approximate surface area is 180 Å². The van der Waals surface area contributed by atoms with Crippen LogP contribution in [0.2, 0.25) is 0 Å². The first kappa shape index (κ1) is 22.3. The molecule has 1 aromatic carbocycles. The molecule has 0 radical (unpaired) electrons. The van der Waals surface area contributed by atoms with Crippen LogP contribution in [0.15, 0.2) is 29.3 Å². The van der Waals surface area contributed by atoms with E-state index in [1.54, 1.807) is 7.11 Å². The highest BCUT2D eigenvalue weighted by molar-refractivity contribution is 14.0. The third-order valence-corrected chi connectivity index (χ3v) is 5.92. The minimum absolute atomic E-state index is 0. The summed E-state index contributed by atoms with van der Waals surface area (Å²) in [5.41, 5.74) is 1.43. The molecule has 27 heavy (non-hydrogen) atoms. The van der Waals surface area contributed by atoms with Gasteiger partial charge in [-0.05, 0) is 43.4 Å². The van der Waals surface area contributed by atoms with Crippen molar-refractivity contribution in [2.45, 2.75) is 56.4 Å². The van der Waals surface area contributed by atoms with Crippen LogP contribution >= 0.6 is 24.0 Å². The highest BCUT2D eigenvalue weighted by Gasteiger charge is 2.34. The molecular formula is C21H34IN3O2. The first-order valence-corrected chi connectivity index (χ1v) is 9.95. The molecule has 3 rings (SSSR count). The molecule has 1 saturated carbocycles. The van der Waals surface area contributed by atoms with Crippen molar-refractivity contribution in [2.24, 2.45) is 4.99 Å². The lowest BCUT2D eigenvalue weighted by Crippen LogP contribution is -2.50. The highest BCUT2D eigenvalue weighted by Crippen LogP contribution is 2.35. The second-order valence-electron chi connectivity index (χ2n) is 7.53. The number of nitrogens with one attached hydrogen (secondary N) is 2. The zero-order valence-corrected chi connectivity index (χ0v) is 19.0. The first-order chi connectivity index (χ1) is 12.8. The Morgan fingerprint density at radius 2 is 1.81 bits per heavy atom. The Morgan fingerprint density at radius 3 is 2.41 bits per heavy atom. The molecule has 0 bridgehead atoms. The predicted octanol–water partition coefficient (Wildman–Crippen LogP) is 3.86. The number of halogens is 1. The second-order valence-corrected chi connectivity index (χ2v) is 7.53. The van der Waals surface area contributed by atoms with Gasteiger partial charge in [-0.25, -0.2) is 0 Å². The Morgan fingerprint density at radius 1 is 1.15 bits per heavy atom. The fourth-order valence-electron chi connectivity index (χ4n) is 4.16. The molecule has 1 aromatic rings. The monoisotopic (exact) mass is 487 g/mol. The normalized spacial score (nSPS) is 20.4. The van der Waals surface area contributed by atoms with E-state index in [0.717, 1.165) is 44.3 Å². The van der Waals surface area contributed by atoms with Crippen LogP contribution in [0.4, 0.5) is 0 Å². The minimum atomic E-state index is 0. The standard InChI is InChI=1S/C21H33N3O2.HI/c1-22-20(24-18-6-4-3-5-7-18)23-16-21(12-14-26-15-13-21)17-8-10-19(25-2)11-9-17;/h8-11,18H,3-7,12-16H2,1-2H3,(H2,22,23,24);1H. The van der Waals surface area contributed by atoms with Gasteiger partial charge in [0, 0.05) is 38.3 Å². The van der Waals surface area contributed by atoms with Gasteiger partial charge in [0.15, 0.2) is 5.96 Å². The van der Waals surface area contributed by atoms with Gasteiger partial charge in [0.05, 0.1) is 7.11 Å². The predicted molar refractivity (Wildman–Crippen MR) is 122 cm³/mol. The minimum Gasteiger partial charge on any atom is -0.497 e. The topological polar surface area (TPSA) is 54.9 Å². The summed E-state index contributed by atoms with van der Waals surface area (Å²) in [4.78, 5) is 4.46. The third-order valence-electron chi connectivity index (χ3n) is 5.92. The van der Waals surface area contributed by atoms with E-state index in [4.69, 9.17) is 9.47 Å². The summed E-state index contributed by atoms with van der Waals surface area (Å²) in [6, 6.07) is 9.07.